The van der Waals surface area contributed by atoms with Gasteiger partial charge in [0, 0.05) is 11.6 Å². The molecule has 0 amide bonds. The highest BCUT2D eigenvalue weighted by Gasteiger charge is 2.18. The highest BCUT2D eigenvalue weighted by molar-refractivity contribution is 5.37. The molecule has 0 aromatic heterocycles. The van der Waals surface area contributed by atoms with Crippen LogP contribution in [0.2, 0.25) is 0 Å². The smallest absolute Gasteiger partial charge is 0.131 e. The van der Waals surface area contributed by atoms with E-state index in [1.54, 1.807) is 0 Å². The van der Waals surface area contributed by atoms with Crippen molar-refractivity contribution >= 4 is 0 Å². The number of benzene rings is 2. The van der Waals surface area contributed by atoms with Gasteiger partial charge in [0.2, 0.25) is 0 Å². The van der Waals surface area contributed by atoms with Crippen LogP contribution in [-0.2, 0) is 0 Å². The van der Waals surface area contributed by atoms with Crippen molar-refractivity contribution in [3.05, 3.63) is 70.8 Å². The lowest BCUT2D eigenvalue weighted by Gasteiger charge is -2.19. The number of rotatable bonds is 3. The minimum absolute atomic E-state index is 0.327. The zero-order valence-electron chi connectivity index (χ0n) is 9.95. The van der Waals surface area contributed by atoms with Crippen LogP contribution in [0.3, 0.4) is 0 Å². The molecule has 0 aliphatic carbocycles. The molecule has 94 valence electrons. The largest absolute Gasteiger partial charge is 0.271 e. The van der Waals surface area contributed by atoms with Gasteiger partial charge in [0.15, 0.2) is 0 Å². The third-order valence-corrected chi connectivity index (χ3v) is 2.94. The van der Waals surface area contributed by atoms with Crippen LogP contribution in [0.1, 0.15) is 22.7 Å². The fourth-order valence-corrected chi connectivity index (χ4v) is 1.99. The number of nitrogens with two attached hydrogens (primary N) is 1. The van der Waals surface area contributed by atoms with Crippen LogP contribution in [0.5, 0.6) is 0 Å². The average molecular weight is 248 g/mol. The Labute approximate surface area is 104 Å². The lowest BCUT2D eigenvalue weighted by molar-refractivity contribution is 0.540. The van der Waals surface area contributed by atoms with Gasteiger partial charge < -0.3 is 0 Å². The normalized spacial score (nSPS) is 12.4. The van der Waals surface area contributed by atoms with Gasteiger partial charge in [0.25, 0.3) is 0 Å². The summed E-state index contributed by atoms with van der Waals surface area (Å²) in [5, 5.41) is 0. The number of hydrazine groups is 1. The number of hydrogen-bond donors (Lipinski definition) is 2. The molecule has 2 rings (SSSR count). The summed E-state index contributed by atoms with van der Waals surface area (Å²) < 4.78 is 26.7. The van der Waals surface area contributed by atoms with Crippen molar-refractivity contribution in [2.24, 2.45) is 5.84 Å². The molecule has 1 atom stereocenters. The standard InChI is InChI=1S/C14H14F2N2/c1-9-4-2-3-5-11(9)14(18-17)12-7-6-10(15)8-13(12)16/h2-8,14,18H,17H2,1H3. The van der Waals surface area contributed by atoms with Gasteiger partial charge in [0.05, 0.1) is 6.04 Å². The van der Waals surface area contributed by atoms with Crippen molar-refractivity contribution in [2.75, 3.05) is 0 Å². The van der Waals surface area contributed by atoms with Gasteiger partial charge in [-0.2, -0.15) is 0 Å². The van der Waals surface area contributed by atoms with Crippen molar-refractivity contribution in [3.63, 3.8) is 0 Å². The predicted molar refractivity (Wildman–Crippen MR) is 66.7 cm³/mol. The maximum absolute atomic E-state index is 13.8. The van der Waals surface area contributed by atoms with E-state index in [1.807, 2.05) is 31.2 Å². The monoisotopic (exact) mass is 248 g/mol. The van der Waals surface area contributed by atoms with Crippen molar-refractivity contribution in [1.82, 2.24) is 5.43 Å². The van der Waals surface area contributed by atoms with Crippen LogP contribution in [0.15, 0.2) is 42.5 Å². The van der Waals surface area contributed by atoms with E-state index in [1.165, 1.54) is 12.1 Å². The number of halogens is 2. The topological polar surface area (TPSA) is 38.0 Å². The molecule has 2 nitrogen and oxygen atoms in total. The molecular weight excluding hydrogens is 234 g/mol. The van der Waals surface area contributed by atoms with Crippen LogP contribution in [-0.4, -0.2) is 0 Å². The molecule has 0 bridgehead atoms. The molecule has 0 saturated heterocycles. The third-order valence-electron chi connectivity index (χ3n) is 2.94. The predicted octanol–water partition coefficient (Wildman–Crippen LogP) is 2.83. The van der Waals surface area contributed by atoms with Gasteiger partial charge in [-0.15, -0.1) is 0 Å². The summed E-state index contributed by atoms with van der Waals surface area (Å²) in [5.41, 5.74) is 4.76. The Hall–Kier alpha value is -1.78. The zero-order chi connectivity index (χ0) is 13.1. The molecule has 0 saturated carbocycles. The molecule has 0 fully saturated rings. The lowest BCUT2D eigenvalue weighted by atomic mass is 9.95. The first-order chi connectivity index (χ1) is 8.63. The quantitative estimate of drug-likeness (QED) is 0.647. The second kappa shape index (κ2) is 5.25. The maximum Gasteiger partial charge on any atom is 0.131 e. The second-order valence-corrected chi connectivity index (χ2v) is 4.12. The molecule has 0 aliphatic heterocycles. The molecule has 18 heavy (non-hydrogen) atoms. The Kier molecular flexibility index (Phi) is 3.69. The van der Waals surface area contributed by atoms with E-state index in [0.29, 0.717) is 5.56 Å². The number of hydrogen-bond acceptors (Lipinski definition) is 2. The van der Waals surface area contributed by atoms with Crippen molar-refractivity contribution in [3.8, 4) is 0 Å². The van der Waals surface area contributed by atoms with Gasteiger partial charge >= 0.3 is 0 Å². The second-order valence-electron chi connectivity index (χ2n) is 4.12. The molecule has 0 radical (unpaired) electrons. The van der Waals surface area contributed by atoms with Gasteiger partial charge in [-0.1, -0.05) is 30.3 Å². The van der Waals surface area contributed by atoms with Gasteiger partial charge in [0.1, 0.15) is 11.6 Å². The Balaban J connectivity index is 2.49. The Morgan fingerprint density at radius 1 is 1.06 bits per heavy atom. The summed E-state index contributed by atoms with van der Waals surface area (Å²) in [6, 6.07) is 10.5. The first-order valence-corrected chi connectivity index (χ1v) is 5.60. The van der Waals surface area contributed by atoms with Crippen LogP contribution < -0.4 is 11.3 Å². The van der Waals surface area contributed by atoms with Crippen molar-refractivity contribution < 1.29 is 8.78 Å². The fourth-order valence-electron chi connectivity index (χ4n) is 1.99. The Morgan fingerprint density at radius 2 is 1.78 bits per heavy atom. The van der Waals surface area contributed by atoms with Crippen LogP contribution >= 0.6 is 0 Å². The molecule has 0 spiro atoms. The van der Waals surface area contributed by atoms with E-state index in [4.69, 9.17) is 5.84 Å². The SMILES string of the molecule is Cc1ccccc1C(NN)c1ccc(F)cc1F. The van der Waals surface area contributed by atoms with Crippen molar-refractivity contribution in [1.29, 1.82) is 0 Å². The molecule has 2 aromatic carbocycles. The van der Waals surface area contributed by atoms with E-state index >= 15 is 0 Å². The van der Waals surface area contributed by atoms with E-state index in [2.05, 4.69) is 5.43 Å². The highest BCUT2D eigenvalue weighted by Crippen LogP contribution is 2.26. The highest BCUT2D eigenvalue weighted by atomic mass is 19.1. The first kappa shape index (κ1) is 12.7. The molecule has 0 aliphatic rings. The minimum Gasteiger partial charge on any atom is -0.271 e. The van der Waals surface area contributed by atoms with E-state index in [9.17, 15) is 8.78 Å². The number of nitrogens with one attached hydrogen (secondary N) is 1. The fraction of sp³-hybridized carbons (Fsp3) is 0.143. The van der Waals surface area contributed by atoms with E-state index < -0.39 is 17.7 Å². The summed E-state index contributed by atoms with van der Waals surface area (Å²) in [6.45, 7) is 1.92. The summed E-state index contributed by atoms with van der Waals surface area (Å²) in [4.78, 5) is 0. The first-order valence-electron chi connectivity index (χ1n) is 5.60. The summed E-state index contributed by atoms with van der Waals surface area (Å²) >= 11 is 0. The van der Waals surface area contributed by atoms with Gasteiger partial charge in [-0.05, 0) is 24.1 Å². The molecule has 4 heteroatoms. The zero-order valence-corrected chi connectivity index (χ0v) is 9.95. The molecular formula is C14H14F2N2. The Bertz CT molecular complexity index is 555. The molecule has 0 heterocycles. The molecule has 1 unspecified atom stereocenters. The summed E-state index contributed by atoms with van der Waals surface area (Å²) in [6.07, 6.45) is 0. The summed E-state index contributed by atoms with van der Waals surface area (Å²) in [5.74, 6) is 4.29. The lowest BCUT2D eigenvalue weighted by Crippen LogP contribution is -2.30. The average Bonchev–Trinajstić information content (AvgIpc) is 2.34. The Morgan fingerprint density at radius 3 is 2.39 bits per heavy atom. The van der Waals surface area contributed by atoms with Crippen LogP contribution in [0.25, 0.3) is 0 Å². The molecule has 3 N–H and O–H groups in total. The summed E-state index contributed by atoms with van der Waals surface area (Å²) in [7, 11) is 0. The third kappa shape index (κ3) is 2.39. The van der Waals surface area contributed by atoms with E-state index in [-0.39, 0.29) is 0 Å². The van der Waals surface area contributed by atoms with Gasteiger partial charge in [-0.3, -0.25) is 5.84 Å². The van der Waals surface area contributed by atoms with E-state index in [0.717, 1.165) is 17.2 Å². The van der Waals surface area contributed by atoms with Gasteiger partial charge in [-0.25, -0.2) is 14.2 Å². The molecule has 2 aromatic rings. The number of aryl methyl sites for hydroxylation is 1. The minimum atomic E-state index is -0.610. The van der Waals surface area contributed by atoms with Crippen molar-refractivity contribution in [2.45, 2.75) is 13.0 Å². The van der Waals surface area contributed by atoms with Crippen LogP contribution in [0, 0.1) is 18.6 Å². The van der Waals surface area contributed by atoms with Crippen LogP contribution in [0.4, 0.5) is 8.78 Å². The maximum atomic E-state index is 13.8.